The molecule has 1 saturated heterocycles. The molecule has 0 saturated carbocycles. The summed E-state index contributed by atoms with van der Waals surface area (Å²) >= 11 is 0. The molecule has 1 aliphatic rings. The molecule has 2 aromatic heterocycles. The lowest BCUT2D eigenvalue weighted by Gasteiger charge is -2.20. The van der Waals surface area contributed by atoms with E-state index in [0.717, 1.165) is 22.8 Å². The number of carbonyl (C=O) groups excluding carboxylic acids is 1. The topological polar surface area (TPSA) is 100 Å². The smallest absolute Gasteiger partial charge is 0.317 e. The highest BCUT2D eigenvalue weighted by atomic mass is 16.4. The van der Waals surface area contributed by atoms with E-state index in [1.54, 1.807) is 22.7 Å². The average molecular weight is 357 g/mol. The molecule has 138 valence electrons. The minimum atomic E-state index is -0.864. The summed E-state index contributed by atoms with van der Waals surface area (Å²) in [7, 11) is 0. The van der Waals surface area contributed by atoms with Gasteiger partial charge in [-0.1, -0.05) is 6.07 Å². The maximum absolute atomic E-state index is 12.3. The van der Waals surface area contributed by atoms with Crippen LogP contribution in [0.1, 0.15) is 30.3 Å². The lowest BCUT2D eigenvalue weighted by molar-refractivity contribution is -0.147. The van der Waals surface area contributed by atoms with Crippen LogP contribution in [0.2, 0.25) is 0 Å². The second kappa shape index (κ2) is 6.78. The van der Waals surface area contributed by atoms with Gasteiger partial charge < -0.3 is 15.3 Å². The van der Waals surface area contributed by atoms with Gasteiger partial charge in [-0.15, -0.1) is 0 Å². The van der Waals surface area contributed by atoms with E-state index in [2.05, 4.69) is 15.4 Å². The van der Waals surface area contributed by atoms with Crippen molar-refractivity contribution in [3.63, 3.8) is 0 Å². The van der Waals surface area contributed by atoms with E-state index in [-0.39, 0.29) is 12.6 Å². The summed E-state index contributed by atoms with van der Waals surface area (Å²) in [6, 6.07) is 5.48. The lowest BCUT2D eigenvalue weighted by Crippen LogP contribution is -2.40. The molecule has 1 fully saturated rings. The number of nitrogens with zero attached hydrogens (tertiary/aromatic N) is 4. The molecule has 2 amide bonds. The Morgan fingerprint density at radius 3 is 2.65 bits per heavy atom. The quantitative estimate of drug-likeness (QED) is 0.870. The van der Waals surface area contributed by atoms with Crippen molar-refractivity contribution in [1.29, 1.82) is 0 Å². The highest BCUT2D eigenvalue weighted by Crippen LogP contribution is 2.29. The summed E-state index contributed by atoms with van der Waals surface area (Å²) in [5.74, 6) is -0.140. The predicted molar refractivity (Wildman–Crippen MR) is 95.0 cm³/mol. The Balaban J connectivity index is 1.58. The number of rotatable bonds is 4. The van der Waals surface area contributed by atoms with Crippen molar-refractivity contribution < 1.29 is 14.7 Å². The molecule has 1 unspecified atom stereocenters. The van der Waals surface area contributed by atoms with Crippen LogP contribution in [0.15, 0.2) is 24.4 Å². The first-order valence-electron chi connectivity index (χ1n) is 8.53. The second-order valence-corrected chi connectivity index (χ2v) is 7.06. The number of carboxylic acids is 1. The molecule has 8 heteroatoms. The number of carboxylic acid groups (broad SMARTS) is 1. The van der Waals surface area contributed by atoms with Gasteiger partial charge >= 0.3 is 12.0 Å². The maximum Gasteiger partial charge on any atom is 0.317 e. The van der Waals surface area contributed by atoms with Crippen LogP contribution in [-0.2, 0) is 11.3 Å². The Hall–Kier alpha value is -2.90. The van der Waals surface area contributed by atoms with Gasteiger partial charge in [-0.25, -0.2) is 14.5 Å². The summed E-state index contributed by atoms with van der Waals surface area (Å²) in [6.45, 7) is 6.58. The van der Waals surface area contributed by atoms with Crippen LogP contribution in [0.4, 0.5) is 4.79 Å². The molecule has 1 aliphatic heterocycles. The molecule has 2 aromatic rings. The van der Waals surface area contributed by atoms with E-state index >= 15 is 0 Å². The number of aliphatic carboxylic acids is 1. The van der Waals surface area contributed by atoms with E-state index < -0.39 is 11.4 Å². The van der Waals surface area contributed by atoms with Crippen molar-refractivity contribution in [2.24, 2.45) is 5.41 Å². The standard InChI is InChI=1S/C18H23N5O3/c1-12-8-13(2)23(21-12)15-5-4-14(9-19-15)10-20-17(26)22-7-6-18(3,11-22)16(24)25/h4-5,8-9H,6-7,10-11H2,1-3H3,(H,20,26)(H,24,25). The number of amides is 2. The Morgan fingerprint density at radius 2 is 2.12 bits per heavy atom. The highest BCUT2D eigenvalue weighted by molar-refractivity contribution is 5.79. The molecule has 8 nitrogen and oxygen atoms in total. The summed E-state index contributed by atoms with van der Waals surface area (Å²) in [6.07, 6.45) is 2.17. The number of pyridine rings is 1. The third-order valence-corrected chi connectivity index (χ3v) is 4.76. The van der Waals surface area contributed by atoms with Gasteiger partial charge in [0.2, 0.25) is 0 Å². The molecule has 1 atom stereocenters. The van der Waals surface area contributed by atoms with Crippen LogP contribution in [0.3, 0.4) is 0 Å². The fourth-order valence-electron chi connectivity index (χ4n) is 3.11. The monoisotopic (exact) mass is 357 g/mol. The van der Waals surface area contributed by atoms with Gasteiger partial charge in [-0.3, -0.25) is 4.79 Å². The average Bonchev–Trinajstić information content (AvgIpc) is 3.16. The third-order valence-electron chi connectivity index (χ3n) is 4.76. The van der Waals surface area contributed by atoms with Crippen LogP contribution < -0.4 is 5.32 Å². The summed E-state index contributed by atoms with van der Waals surface area (Å²) in [5, 5.41) is 16.5. The first-order valence-corrected chi connectivity index (χ1v) is 8.53. The molecular formula is C18H23N5O3. The number of hydrogen-bond donors (Lipinski definition) is 2. The number of aromatic nitrogens is 3. The van der Waals surface area contributed by atoms with Crippen molar-refractivity contribution in [2.75, 3.05) is 13.1 Å². The zero-order valence-corrected chi connectivity index (χ0v) is 15.2. The first kappa shape index (κ1) is 17.9. The van der Waals surface area contributed by atoms with Crippen LogP contribution in [0.5, 0.6) is 0 Å². The number of aryl methyl sites for hydroxylation is 2. The van der Waals surface area contributed by atoms with Crippen molar-refractivity contribution in [3.8, 4) is 5.82 Å². The second-order valence-electron chi connectivity index (χ2n) is 7.06. The minimum absolute atomic E-state index is 0.225. The molecule has 3 heterocycles. The van der Waals surface area contributed by atoms with Crippen LogP contribution >= 0.6 is 0 Å². The van der Waals surface area contributed by atoms with E-state index in [0.29, 0.717) is 19.5 Å². The number of nitrogens with one attached hydrogen (secondary N) is 1. The molecule has 0 radical (unpaired) electrons. The highest BCUT2D eigenvalue weighted by Gasteiger charge is 2.42. The first-order chi connectivity index (χ1) is 12.3. The van der Waals surface area contributed by atoms with E-state index in [1.165, 1.54) is 0 Å². The summed E-state index contributed by atoms with van der Waals surface area (Å²) in [4.78, 5) is 29.5. The SMILES string of the molecule is Cc1cc(C)n(-c2ccc(CNC(=O)N3CCC(C)(C(=O)O)C3)cn2)n1. The molecule has 0 spiro atoms. The molecule has 0 bridgehead atoms. The number of urea groups is 1. The Morgan fingerprint density at radius 1 is 1.35 bits per heavy atom. The number of likely N-dealkylation sites (tertiary alicyclic amines) is 1. The molecular weight excluding hydrogens is 334 g/mol. The van der Waals surface area contributed by atoms with Gasteiger partial charge in [0.05, 0.1) is 11.1 Å². The van der Waals surface area contributed by atoms with Crippen molar-refractivity contribution in [3.05, 3.63) is 41.3 Å². The summed E-state index contributed by atoms with van der Waals surface area (Å²) in [5.41, 5.74) is 1.94. The van der Waals surface area contributed by atoms with Gasteiger partial charge in [0, 0.05) is 31.5 Å². The van der Waals surface area contributed by atoms with Crippen LogP contribution in [-0.4, -0.2) is 49.9 Å². The van der Waals surface area contributed by atoms with E-state index in [4.69, 9.17) is 0 Å². The summed E-state index contributed by atoms with van der Waals surface area (Å²) < 4.78 is 1.77. The molecule has 3 rings (SSSR count). The fourth-order valence-corrected chi connectivity index (χ4v) is 3.11. The van der Waals surface area contributed by atoms with Crippen LogP contribution in [0, 0.1) is 19.3 Å². The molecule has 26 heavy (non-hydrogen) atoms. The molecule has 0 aliphatic carbocycles. The fraction of sp³-hybridized carbons (Fsp3) is 0.444. The Labute approximate surface area is 151 Å². The third kappa shape index (κ3) is 3.54. The number of carbonyl (C=O) groups is 2. The van der Waals surface area contributed by atoms with Gasteiger partial charge in [-0.05, 0) is 44.9 Å². The van der Waals surface area contributed by atoms with Crippen LogP contribution in [0.25, 0.3) is 5.82 Å². The minimum Gasteiger partial charge on any atom is -0.481 e. The van der Waals surface area contributed by atoms with Gasteiger partial charge in [0.15, 0.2) is 5.82 Å². The largest absolute Gasteiger partial charge is 0.481 e. The van der Waals surface area contributed by atoms with Crippen molar-refractivity contribution in [1.82, 2.24) is 25.0 Å². The maximum atomic E-state index is 12.3. The predicted octanol–water partition coefficient (Wildman–Crippen LogP) is 1.89. The van der Waals surface area contributed by atoms with Crippen molar-refractivity contribution in [2.45, 2.75) is 33.7 Å². The van der Waals surface area contributed by atoms with E-state index in [1.807, 2.05) is 32.0 Å². The molecule has 0 aromatic carbocycles. The normalized spacial score (nSPS) is 19.6. The van der Waals surface area contributed by atoms with Gasteiger partial charge in [-0.2, -0.15) is 5.10 Å². The Bertz CT molecular complexity index is 830. The zero-order chi connectivity index (χ0) is 18.9. The number of hydrogen-bond acceptors (Lipinski definition) is 4. The van der Waals surface area contributed by atoms with Gasteiger partial charge in [0.1, 0.15) is 0 Å². The van der Waals surface area contributed by atoms with Gasteiger partial charge in [0.25, 0.3) is 0 Å². The molecule has 2 N–H and O–H groups in total. The Kier molecular flexibility index (Phi) is 4.67. The van der Waals surface area contributed by atoms with E-state index in [9.17, 15) is 14.7 Å². The lowest BCUT2D eigenvalue weighted by atomic mass is 9.90. The zero-order valence-electron chi connectivity index (χ0n) is 15.2. The van der Waals surface area contributed by atoms with Crippen molar-refractivity contribution >= 4 is 12.0 Å².